The molecule has 1 unspecified atom stereocenters. The molecule has 1 saturated heterocycles. The van der Waals surface area contributed by atoms with E-state index in [1.807, 2.05) is 0 Å². The summed E-state index contributed by atoms with van der Waals surface area (Å²) in [5, 5.41) is 3.01. The van der Waals surface area contributed by atoms with Crippen LogP contribution in [0.1, 0.15) is 22.3 Å². The van der Waals surface area contributed by atoms with Crippen molar-refractivity contribution >= 4 is 18.3 Å². The first kappa shape index (κ1) is 17.7. The Morgan fingerprint density at radius 1 is 1.38 bits per heavy atom. The van der Waals surface area contributed by atoms with E-state index in [1.165, 1.54) is 4.90 Å². The van der Waals surface area contributed by atoms with Crippen molar-refractivity contribution in [2.75, 3.05) is 20.1 Å². The van der Waals surface area contributed by atoms with Crippen LogP contribution in [0.25, 0.3) is 0 Å². The van der Waals surface area contributed by atoms with Crippen molar-refractivity contribution in [3.8, 4) is 0 Å². The standard InChI is InChI=1S/C13H14F4N2O.ClH/c1-18-9-4-5-19(7-9)12(20)8-2-3-11(14)10(6-8)13(15,16)17;/h2-3,6,9,18H,4-5,7H2,1H3;1H. The van der Waals surface area contributed by atoms with Gasteiger partial charge in [0.15, 0.2) is 0 Å². The van der Waals surface area contributed by atoms with E-state index in [2.05, 4.69) is 5.32 Å². The van der Waals surface area contributed by atoms with Gasteiger partial charge in [0.25, 0.3) is 5.91 Å². The predicted octanol–water partition coefficient (Wildman–Crippen LogP) is 2.70. The maximum Gasteiger partial charge on any atom is 0.419 e. The fourth-order valence-electron chi connectivity index (χ4n) is 2.24. The summed E-state index contributed by atoms with van der Waals surface area (Å²) in [6.07, 6.45) is -4.06. The Kier molecular flexibility index (Phi) is 5.58. The lowest BCUT2D eigenvalue weighted by molar-refractivity contribution is -0.140. The molecule has 1 heterocycles. The number of hydrogen-bond donors (Lipinski definition) is 1. The SMILES string of the molecule is CNC1CCN(C(=O)c2ccc(F)c(C(F)(F)F)c2)C1.Cl. The third-order valence-corrected chi connectivity index (χ3v) is 3.40. The van der Waals surface area contributed by atoms with Crippen molar-refractivity contribution in [1.29, 1.82) is 0 Å². The molecular formula is C13H15ClF4N2O. The molecule has 1 N–H and O–H groups in total. The predicted molar refractivity (Wildman–Crippen MR) is 72.0 cm³/mol. The number of nitrogens with zero attached hydrogens (tertiary/aromatic N) is 1. The van der Waals surface area contributed by atoms with E-state index >= 15 is 0 Å². The second kappa shape index (κ2) is 6.62. The number of amides is 1. The van der Waals surface area contributed by atoms with Crippen LogP contribution in [-0.4, -0.2) is 37.0 Å². The van der Waals surface area contributed by atoms with Gasteiger partial charge in [-0.25, -0.2) is 4.39 Å². The molecule has 2 rings (SSSR count). The minimum atomic E-state index is -4.81. The van der Waals surface area contributed by atoms with Gasteiger partial charge >= 0.3 is 6.18 Å². The number of alkyl halides is 3. The van der Waals surface area contributed by atoms with Crippen molar-refractivity contribution in [3.63, 3.8) is 0 Å². The molecule has 21 heavy (non-hydrogen) atoms. The van der Waals surface area contributed by atoms with Crippen LogP contribution in [0.4, 0.5) is 17.6 Å². The highest BCUT2D eigenvalue weighted by atomic mass is 35.5. The Hall–Kier alpha value is -1.34. The van der Waals surface area contributed by atoms with Crippen LogP contribution < -0.4 is 5.32 Å². The van der Waals surface area contributed by atoms with Gasteiger partial charge < -0.3 is 10.2 Å². The highest BCUT2D eigenvalue weighted by molar-refractivity contribution is 5.94. The first-order valence-corrected chi connectivity index (χ1v) is 6.16. The Labute approximate surface area is 125 Å². The Bertz CT molecular complexity index is 521. The van der Waals surface area contributed by atoms with E-state index in [0.717, 1.165) is 12.5 Å². The summed E-state index contributed by atoms with van der Waals surface area (Å²) in [5.41, 5.74) is -1.55. The second-order valence-electron chi connectivity index (χ2n) is 4.72. The molecule has 1 aromatic carbocycles. The third kappa shape index (κ3) is 3.85. The van der Waals surface area contributed by atoms with E-state index in [-0.39, 0.29) is 24.0 Å². The number of hydrogen-bond acceptors (Lipinski definition) is 2. The second-order valence-corrected chi connectivity index (χ2v) is 4.72. The van der Waals surface area contributed by atoms with Crippen molar-refractivity contribution in [2.45, 2.75) is 18.6 Å². The van der Waals surface area contributed by atoms with E-state index in [0.29, 0.717) is 25.2 Å². The molecule has 1 amide bonds. The molecule has 8 heteroatoms. The maximum absolute atomic E-state index is 13.2. The number of rotatable bonds is 2. The van der Waals surface area contributed by atoms with Gasteiger partial charge in [0.1, 0.15) is 5.82 Å². The summed E-state index contributed by atoms with van der Waals surface area (Å²) in [6, 6.07) is 2.48. The first-order chi connectivity index (χ1) is 9.32. The number of carbonyl (C=O) groups is 1. The minimum Gasteiger partial charge on any atom is -0.337 e. The summed E-state index contributed by atoms with van der Waals surface area (Å²) in [6.45, 7) is 0.914. The Morgan fingerprint density at radius 3 is 2.57 bits per heavy atom. The fourth-order valence-corrected chi connectivity index (χ4v) is 2.24. The normalized spacial score (nSPS) is 18.5. The quantitative estimate of drug-likeness (QED) is 0.848. The minimum absolute atomic E-state index is 0. The zero-order valence-corrected chi connectivity index (χ0v) is 12.0. The summed E-state index contributed by atoms with van der Waals surface area (Å²) in [7, 11) is 1.76. The molecule has 1 aliphatic heterocycles. The van der Waals surface area contributed by atoms with Gasteiger partial charge in [-0.3, -0.25) is 4.79 Å². The average Bonchev–Trinajstić information content (AvgIpc) is 2.86. The average molecular weight is 327 g/mol. The third-order valence-electron chi connectivity index (χ3n) is 3.40. The zero-order valence-electron chi connectivity index (χ0n) is 11.2. The van der Waals surface area contributed by atoms with Gasteiger partial charge in [0.05, 0.1) is 5.56 Å². The van der Waals surface area contributed by atoms with Crippen molar-refractivity contribution in [2.24, 2.45) is 0 Å². The number of halogens is 5. The summed E-state index contributed by atoms with van der Waals surface area (Å²) in [5.74, 6) is -1.88. The lowest BCUT2D eigenvalue weighted by atomic mass is 10.1. The summed E-state index contributed by atoms with van der Waals surface area (Å²) in [4.78, 5) is 13.6. The molecule has 0 bridgehead atoms. The zero-order chi connectivity index (χ0) is 14.9. The van der Waals surface area contributed by atoms with E-state index in [1.54, 1.807) is 7.05 Å². The van der Waals surface area contributed by atoms with Gasteiger partial charge in [0, 0.05) is 24.7 Å². The number of likely N-dealkylation sites (tertiary alicyclic amines) is 1. The molecule has 0 radical (unpaired) electrons. The molecule has 0 aliphatic carbocycles. The maximum atomic E-state index is 13.2. The molecule has 1 fully saturated rings. The fraction of sp³-hybridized carbons (Fsp3) is 0.462. The Morgan fingerprint density at radius 2 is 2.05 bits per heavy atom. The van der Waals surface area contributed by atoms with Crippen LogP contribution in [0.3, 0.4) is 0 Å². The van der Waals surface area contributed by atoms with E-state index < -0.39 is 23.5 Å². The van der Waals surface area contributed by atoms with Crippen LogP contribution in [0, 0.1) is 5.82 Å². The highest BCUT2D eigenvalue weighted by Crippen LogP contribution is 2.32. The first-order valence-electron chi connectivity index (χ1n) is 6.16. The lowest BCUT2D eigenvalue weighted by Gasteiger charge is -2.17. The van der Waals surface area contributed by atoms with Gasteiger partial charge in [-0.05, 0) is 31.7 Å². The number of carbonyl (C=O) groups excluding carboxylic acids is 1. The monoisotopic (exact) mass is 326 g/mol. The molecule has 0 spiro atoms. The molecule has 1 atom stereocenters. The molecule has 118 valence electrons. The topological polar surface area (TPSA) is 32.3 Å². The summed E-state index contributed by atoms with van der Waals surface area (Å²) >= 11 is 0. The van der Waals surface area contributed by atoms with Crippen LogP contribution in [-0.2, 0) is 6.18 Å². The number of likely N-dealkylation sites (N-methyl/N-ethyl adjacent to an activating group) is 1. The van der Waals surface area contributed by atoms with Gasteiger partial charge in [-0.1, -0.05) is 0 Å². The lowest BCUT2D eigenvalue weighted by Crippen LogP contribution is -2.33. The Balaban J connectivity index is 0.00000220. The molecule has 0 saturated carbocycles. The van der Waals surface area contributed by atoms with Crippen LogP contribution in [0.5, 0.6) is 0 Å². The molecule has 1 aliphatic rings. The van der Waals surface area contributed by atoms with Crippen LogP contribution in [0.15, 0.2) is 18.2 Å². The van der Waals surface area contributed by atoms with Crippen molar-refractivity contribution < 1.29 is 22.4 Å². The van der Waals surface area contributed by atoms with Gasteiger partial charge in [-0.15, -0.1) is 12.4 Å². The van der Waals surface area contributed by atoms with Gasteiger partial charge in [0.2, 0.25) is 0 Å². The van der Waals surface area contributed by atoms with Gasteiger partial charge in [-0.2, -0.15) is 13.2 Å². The van der Waals surface area contributed by atoms with E-state index in [9.17, 15) is 22.4 Å². The van der Waals surface area contributed by atoms with Crippen LogP contribution >= 0.6 is 12.4 Å². The number of benzene rings is 1. The molecular weight excluding hydrogens is 312 g/mol. The number of nitrogens with one attached hydrogen (secondary N) is 1. The molecule has 1 aromatic rings. The smallest absolute Gasteiger partial charge is 0.337 e. The van der Waals surface area contributed by atoms with Crippen molar-refractivity contribution in [1.82, 2.24) is 10.2 Å². The van der Waals surface area contributed by atoms with Crippen molar-refractivity contribution in [3.05, 3.63) is 35.1 Å². The summed E-state index contributed by atoms with van der Waals surface area (Å²) < 4.78 is 51.0. The molecule has 0 aromatic heterocycles. The van der Waals surface area contributed by atoms with E-state index in [4.69, 9.17) is 0 Å². The highest BCUT2D eigenvalue weighted by Gasteiger charge is 2.35. The molecule has 3 nitrogen and oxygen atoms in total. The van der Waals surface area contributed by atoms with Crippen LogP contribution in [0.2, 0.25) is 0 Å². The largest absolute Gasteiger partial charge is 0.419 e.